The summed E-state index contributed by atoms with van der Waals surface area (Å²) in [7, 11) is 0. The Hall–Kier alpha value is -0.740. The average molecular weight is 255 g/mol. The second-order valence-electron chi connectivity index (χ2n) is 4.31. The first kappa shape index (κ1) is 12.7. The lowest BCUT2D eigenvalue weighted by Gasteiger charge is -2.09. The molecule has 1 heterocycles. The number of rotatable bonds is 5. The van der Waals surface area contributed by atoms with Gasteiger partial charge < -0.3 is 10.5 Å². The standard InChI is InChI=1S/C13H18FNOS/c14-10-5-6-13(12(15)9-10)17-8-2-4-11-3-1-7-16-11/h5-6,9,11H,1-4,7-8,15H2. The van der Waals surface area contributed by atoms with E-state index in [0.29, 0.717) is 11.8 Å². The molecule has 1 aliphatic heterocycles. The predicted octanol–water partition coefficient (Wildman–Crippen LogP) is 3.46. The van der Waals surface area contributed by atoms with Gasteiger partial charge in [-0.05, 0) is 49.6 Å². The zero-order valence-corrected chi connectivity index (χ0v) is 10.6. The van der Waals surface area contributed by atoms with Gasteiger partial charge in [0.05, 0.1) is 6.10 Å². The number of nitrogen functional groups attached to an aromatic ring is 1. The number of benzene rings is 1. The highest BCUT2D eigenvalue weighted by Gasteiger charge is 2.14. The minimum atomic E-state index is -0.272. The summed E-state index contributed by atoms with van der Waals surface area (Å²) in [5.41, 5.74) is 6.27. The van der Waals surface area contributed by atoms with Gasteiger partial charge in [0, 0.05) is 17.2 Å². The molecule has 1 aromatic rings. The molecule has 4 heteroatoms. The van der Waals surface area contributed by atoms with Gasteiger partial charge in [-0.1, -0.05) is 0 Å². The Morgan fingerprint density at radius 1 is 1.47 bits per heavy atom. The van der Waals surface area contributed by atoms with Crippen LogP contribution in [0, 0.1) is 5.82 Å². The maximum absolute atomic E-state index is 12.8. The summed E-state index contributed by atoms with van der Waals surface area (Å²) in [5.74, 6) is 0.738. The number of hydrogen-bond acceptors (Lipinski definition) is 3. The van der Waals surface area contributed by atoms with Crippen molar-refractivity contribution in [3.63, 3.8) is 0 Å². The van der Waals surface area contributed by atoms with Crippen molar-refractivity contribution in [3.8, 4) is 0 Å². The Morgan fingerprint density at radius 2 is 2.35 bits per heavy atom. The Morgan fingerprint density at radius 3 is 3.06 bits per heavy atom. The number of hydrogen-bond donors (Lipinski definition) is 1. The van der Waals surface area contributed by atoms with E-state index in [0.717, 1.165) is 30.1 Å². The van der Waals surface area contributed by atoms with Gasteiger partial charge in [0.15, 0.2) is 0 Å². The highest BCUT2D eigenvalue weighted by atomic mass is 32.2. The molecule has 1 fully saturated rings. The molecule has 1 unspecified atom stereocenters. The SMILES string of the molecule is Nc1cc(F)ccc1SCCCC1CCCO1. The van der Waals surface area contributed by atoms with Gasteiger partial charge in [0.2, 0.25) is 0 Å². The molecule has 0 saturated carbocycles. The van der Waals surface area contributed by atoms with E-state index >= 15 is 0 Å². The topological polar surface area (TPSA) is 35.2 Å². The molecule has 0 radical (unpaired) electrons. The Bertz CT molecular complexity index is 366. The summed E-state index contributed by atoms with van der Waals surface area (Å²) < 4.78 is 18.4. The number of halogens is 1. The van der Waals surface area contributed by atoms with E-state index < -0.39 is 0 Å². The van der Waals surface area contributed by atoms with Crippen LogP contribution >= 0.6 is 11.8 Å². The van der Waals surface area contributed by atoms with E-state index in [-0.39, 0.29) is 5.82 Å². The largest absolute Gasteiger partial charge is 0.398 e. The van der Waals surface area contributed by atoms with Crippen LogP contribution in [-0.4, -0.2) is 18.5 Å². The fourth-order valence-corrected chi connectivity index (χ4v) is 2.94. The summed E-state index contributed by atoms with van der Waals surface area (Å²) >= 11 is 1.69. The summed E-state index contributed by atoms with van der Waals surface area (Å²) in [5, 5.41) is 0. The summed E-state index contributed by atoms with van der Waals surface area (Å²) in [6.07, 6.45) is 5.09. The lowest BCUT2D eigenvalue weighted by atomic mass is 10.1. The van der Waals surface area contributed by atoms with Crippen molar-refractivity contribution in [1.29, 1.82) is 0 Å². The van der Waals surface area contributed by atoms with Crippen molar-refractivity contribution in [1.82, 2.24) is 0 Å². The Labute approximate surface area is 106 Å². The molecule has 1 atom stereocenters. The van der Waals surface area contributed by atoms with Gasteiger partial charge in [0.1, 0.15) is 5.82 Å². The van der Waals surface area contributed by atoms with E-state index in [1.54, 1.807) is 17.8 Å². The van der Waals surface area contributed by atoms with E-state index in [1.165, 1.54) is 25.0 Å². The third-order valence-corrected chi connectivity index (χ3v) is 4.10. The summed E-state index contributed by atoms with van der Waals surface area (Å²) in [6.45, 7) is 0.919. The summed E-state index contributed by atoms with van der Waals surface area (Å²) in [4.78, 5) is 0.971. The van der Waals surface area contributed by atoms with Crippen molar-refractivity contribution in [2.75, 3.05) is 18.1 Å². The molecule has 1 aliphatic rings. The maximum atomic E-state index is 12.8. The zero-order valence-electron chi connectivity index (χ0n) is 9.82. The second-order valence-corrected chi connectivity index (χ2v) is 5.44. The minimum absolute atomic E-state index is 0.272. The third-order valence-electron chi connectivity index (χ3n) is 2.92. The van der Waals surface area contributed by atoms with Crippen LogP contribution < -0.4 is 5.73 Å². The highest BCUT2D eigenvalue weighted by molar-refractivity contribution is 7.99. The third kappa shape index (κ3) is 3.89. The molecule has 0 aromatic heterocycles. The van der Waals surface area contributed by atoms with E-state index in [4.69, 9.17) is 10.5 Å². The monoisotopic (exact) mass is 255 g/mol. The molecule has 2 rings (SSSR count). The molecule has 17 heavy (non-hydrogen) atoms. The van der Waals surface area contributed by atoms with Crippen molar-refractivity contribution >= 4 is 17.4 Å². The van der Waals surface area contributed by atoms with Gasteiger partial charge in [-0.25, -0.2) is 4.39 Å². The van der Waals surface area contributed by atoms with Gasteiger partial charge >= 0.3 is 0 Å². The molecule has 2 N–H and O–H groups in total. The first-order chi connectivity index (χ1) is 8.25. The highest BCUT2D eigenvalue weighted by Crippen LogP contribution is 2.27. The molecule has 0 aliphatic carbocycles. The molecule has 0 bridgehead atoms. The fourth-order valence-electron chi connectivity index (χ4n) is 2.02. The lowest BCUT2D eigenvalue weighted by molar-refractivity contribution is 0.104. The van der Waals surface area contributed by atoms with Crippen molar-refractivity contribution in [2.24, 2.45) is 0 Å². The molecule has 94 valence electrons. The lowest BCUT2D eigenvalue weighted by Crippen LogP contribution is -2.04. The van der Waals surface area contributed by atoms with Gasteiger partial charge in [-0.2, -0.15) is 0 Å². The Balaban J connectivity index is 1.70. The van der Waals surface area contributed by atoms with Gasteiger partial charge in [0.25, 0.3) is 0 Å². The fraction of sp³-hybridized carbons (Fsp3) is 0.538. The van der Waals surface area contributed by atoms with Crippen LogP contribution in [0.25, 0.3) is 0 Å². The van der Waals surface area contributed by atoms with Crippen LogP contribution in [0.5, 0.6) is 0 Å². The van der Waals surface area contributed by atoms with Crippen molar-refractivity contribution in [2.45, 2.75) is 36.7 Å². The quantitative estimate of drug-likeness (QED) is 0.497. The van der Waals surface area contributed by atoms with Crippen LogP contribution in [-0.2, 0) is 4.74 Å². The van der Waals surface area contributed by atoms with Crippen LogP contribution in [0.15, 0.2) is 23.1 Å². The second kappa shape index (κ2) is 6.26. The molecular formula is C13H18FNOS. The molecule has 0 spiro atoms. The number of nitrogens with two attached hydrogens (primary N) is 1. The van der Waals surface area contributed by atoms with Gasteiger partial charge in [-0.3, -0.25) is 0 Å². The normalized spacial score (nSPS) is 19.7. The predicted molar refractivity (Wildman–Crippen MR) is 69.7 cm³/mol. The van der Waals surface area contributed by atoms with Crippen LogP contribution in [0.3, 0.4) is 0 Å². The first-order valence-corrected chi connectivity index (χ1v) is 7.03. The smallest absolute Gasteiger partial charge is 0.125 e. The van der Waals surface area contributed by atoms with E-state index in [9.17, 15) is 4.39 Å². The minimum Gasteiger partial charge on any atom is -0.398 e. The van der Waals surface area contributed by atoms with Crippen molar-refractivity contribution < 1.29 is 9.13 Å². The molecular weight excluding hydrogens is 237 g/mol. The summed E-state index contributed by atoms with van der Waals surface area (Å²) in [6, 6.07) is 4.59. The average Bonchev–Trinajstić information content (AvgIpc) is 2.79. The van der Waals surface area contributed by atoms with Gasteiger partial charge in [-0.15, -0.1) is 11.8 Å². The number of ether oxygens (including phenoxy) is 1. The number of anilines is 1. The number of thioether (sulfide) groups is 1. The molecule has 1 aromatic carbocycles. The molecule has 1 saturated heterocycles. The zero-order chi connectivity index (χ0) is 12.1. The molecule has 0 amide bonds. The maximum Gasteiger partial charge on any atom is 0.125 e. The molecule has 2 nitrogen and oxygen atoms in total. The Kier molecular flexibility index (Phi) is 4.68. The van der Waals surface area contributed by atoms with Crippen LogP contribution in [0.4, 0.5) is 10.1 Å². The van der Waals surface area contributed by atoms with E-state index in [2.05, 4.69) is 0 Å². The van der Waals surface area contributed by atoms with Crippen molar-refractivity contribution in [3.05, 3.63) is 24.0 Å². The van der Waals surface area contributed by atoms with Crippen LogP contribution in [0.2, 0.25) is 0 Å². The van der Waals surface area contributed by atoms with Crippen LogP contribution in [0.1, 0.15) is 25.7 Å². The first-order valence-electron chi connectivity index (χ1n) is 6.05. The van der Waals surface area contributed by atoms with E-state index in [1.807, 2.05) is 0 Å².